The van der Waals surface area contributed by atoms with Crippen LogP contribution in [-0.4, -0.2) is 52.5 Å². The van der Waals surface area contributed by atoms with Gasteiger partial charge in [-0.05, 0) is 88.6 Å². The highest BCUT2D eigenvalue weighted by Gasteiger charge is 2.44. The van der Waals surface area contributed by atoms with Crippen LogP contribution in [0.25, 0.3) is 0 Å². The maximum absolute atomic E-state index is 14.3. The molecule has 0 aromatic heterocycles. The van der Waals surface area contributed by atoms with Gasteiger partial charge in [-0.1, -0.05) is 42.3 Å². The van der Waals surface area contributed by atoms with Gasteiger partial charge in [0.25, 0.3) is 5.91 Å². The van der Waals surface area contributed by atoms with Crippen molar-refractivity contribution < 1.29 is 19.1 Å². The van der Waals surface area contributed by atoms with E-state index in [1.165, 1.54) is 0 Å². The summed E-state index contributed by atoms with van der Waals surface area (Å²) in [5.74, 6) is 2.65. The van der Waals surface area contributed by atoms with Crippen molar-refractivity contribution in [1.82, 2.24) is 10.2 Å². The molecule has 8 heteroatoms. The number of carbonyl (C=O) groups is 3. The van der Waals surface area contributed by atoms with Crippen LogP contribution in [0.3, 0.4) is 0 Å². The van der Waals surface area contributed by atoms with E-state index in [1.54, 1.807) is 49.6 Å². The van der Waals surface area contributed by atoms with Crippen molar-refractivity contribution in [2.75, 3.05) is 17.3 Å². The van der Waals surface area contributed by atoms with Crippen LogP contribution in [0.1, 0.15) is 68.3 Å². The molecule has 2 aromatic rings. The number of rotatable bonds is 10. The SMILES string of the molecule is C#Cc1ccccc1C(C(=O)Nc1c(C)cccc1C)N(C(=O)C(CCSC)NC(=O)OC(C)(C)C)C1CC1. The van der Waals surface area contributed by atoms with E-state index in [2.05, 4.69) is 16.6 Å². The van der Waals surface area contributed by atoms with E-state index >= 15 is 0 Å². The van der Waals surface area contributed by atoms with Gasteiger partial charge in [0.1, 0.15) is 17.7 Å². The van der Waals surface area contributed by atoms with Gasteiger partial charge in [-0.3, -0.25) is 9.59 Å². The zero-order valence-electron chi connectivity index (χ0n) is 23.7. The molecule has 2 unspecified atom stereocenters. The Morgan fingerprint density at radius 1 is 1.10 bits per heavy atom. The topological polar surface area (TPSA) is 87.7 Å². The largest absolute Gasteiger partial charge is 0.444 e. The predicted octanol–water partition coefficient (Wildman–Crippen LogP) is 5.60. The van der Waals surface area contributed by atoms with Crippen molar-refractivity contribution in [3.63, 3.8) is 0 Å². The van der Waals surface area contributed by atoms with Crippen LogP contribution in [0.5, 0.6) is 0 Å². The Hall–Kier alpha value is -3.44. The van der Waals surface area contributed by atoms with E-state index in [1.807, 2.05) is 50.4 Å². The summed E-state index contributed by atoms with van der Waals surface area (Å²) in [5, 5.41) is 5.86. The second-order valence-electron chi connectivity index (χ2n) is 10.8. The number of carbonyl (C=O) groups excluding carboxylic acids is 3. The lowest BCUT2D eigenvalue weighted by molar-refractivity contribution is -0.141. The number of thioether (sulfide) groups is 1. The molecule has 3 amide bonds. The molecule has 39 heavy (non-hydrogen) atoms. The number of nitrogens with zero attached hydrogens (tertiary/aromatic N) is 1. The second-order valence-corrected chi connectivity index (χ2v) is 11.8. The Labute approximate surface area is 236 Å². The van der Waals surface area contributed by atoms with Gasteiger partial charge in [0, 0.05) is 17.3 Å². The number of hydrogen-bond donors (Lipinski definition) is 2. The molecule has 0 bridgehead atoms. The van der Waals surface area contributed by atoms with E-state index in [4.69, 9.17) is 11.2 Å². The van der Waals surface area contributed by atoms with Gasteiger partial charge >= 0.3 is 6.09 Å². The van der Waals surface area contributed by atoms with Crippen molar-refractivity contribution in [3.05, 3.63) is 64.7 Å². The van der Waals surface area contributed by atoms with Crippen molar-refractivity contribution in [3.8, 4) is 12.3 Å². The number of benzene rings is 2. The highest BCUT2D eigenvalue weighted by Crippen LogP contribution is 2.37. The molecule has 0 spiro atoms. The number of anilines is 1. The van der Waals surface area contributed by atoms with E-state index < -0.39 is 23.8 Å². The van der Waals surface area contributed by atoms with Crippen LogP contribution in [0.2, 0.25) is 0 Å². The average molecular weight is 550 g/mol. The summed E-state index contributed by atoms with van der Waals surface area (Å²) in [6.07, 6.45) is 9.04. The predicted molar refractivity (Wildman–Crippen MR) is 158 cm³/mol. The summed E-state index contributed by atoms with van der Waals surface area (Å²) in [6, 6.07) is 11.0. The number of alkyl carbamates (subject to hydrolysis) is 1. The average Bonchev–Trinajstić information content (AvgIpc) is 3.71. The fourth-order valence-corrected chi connectivity index (χ4v) is 4.95. The highest BCUT2D eigenvalue weighted by atomic mass is 32.2. The van der Waals surface area contributed by atoms with Gasteiger partial charge in [0.05, 0.1) is 0 Å². The number of hydrogen-bond acceptors (Lipinski definition) is 5. The smallest absolute Gasteiger partial charge is 0.408 e. The third kappa shape index (κ3) is 8.03. The van der Waals surface area contributed by atoms with E-state index in [0.717, 1.165) is 24.0 Å². The normalized spacial score (nSPS) is 14.5. The first-order valence-electron chi connectivity index (χ1n) is 13.2. The fraction of sp³-hybridized carbons (Fsp3) is 0.452. The van der Waals surface area contributed by atoms with Crippen molar-refractivity contribution >= 4 is 35.4 Å². The first-order valence-corrected chi connectivity index (χ1v) is 14.6. The van der Waals surface area contributed by atoms with Gasteiger partial charge < -0.3 is 20.3 Å². The third-order valence-corrected chi connectivity index (χ3v) is 7.11. The number of amides is 3. The highest BCUT2D eigenvalue weighted by molar-refractivity contribution is 7.98. The molecule has 208 valence electrons. The first-order chi connectivity index (χ1) is 18.5. The Morgan fingerprint density at radius 3 is 2.31 bits per heavy atom. The molecule has 0 aliphatic heterocycles. The molecule has 0 heterocycles. The van der Waals surface area contributed by atoms with Crippen LogP contribution in [-0.2, 0) is 14.3 Å². The Balaban J connectivity index is 2.05. The molecule has 2 atom stereocenters. The molecule has 0 saturated heterocycles. The molecule has 2 N–H and O–H groups in total. The summed E-state index contributed by atoms with van der Waals surface area (Å²) in [6.45, 7) is 9.17. The molecule has 3 rings (SSSR count). The monoisotopic (exact) mass is 549 g/mol. The van der Waals surface area contributed by atoms with Crippen LogP contribution in [0.15, 0.2) is 42.5 Å². The maximum atomic E-state index is 14.3. The van der Waals surface area contributed by atoms with Gasteiger partial charge in [-0.25, -0.2) is 4.79 Å². The van der Waals surface area contributed by atoms with Gasteiger partial charge in [0.2, 0.25) is 5.91 Å². The van der Waals surface area contributed by atoms with Crippen molar-refractivity contribution in [2.45, 2.75) is 77.6 Å². The molecule has 7 nitrogen and oxygen atoms in total. The fourth-order valence-electron chi connectivity index (χ4n) is 4.48. The zero-order valence-corrected chi connectivity index (χ0v) is 24.5. The van der Waals surface area contributed by atoms with Gasteiger partial charge in [0.15, 0.2) is 0 Å². The quantitative estimate of drug-likeness (QED) is 0.377. The lowest BCUT2D eigenvalue weighted by atomic mass is 9.96. The molecular formula is C31H39N3O4S. The van der Waals surface area contributed by atoms with Crippen molar-refractivity contribution in [2.24, 2.45) is 0 Å². The summed E-state index contributed by atoms with van der Waals surface area (Å²) < 4.78 is 5.46. The number of nitrogens with one attached hydrogen (secondary N) is 2. The second kappa shape index (κ2) is 13.1. The zero-order chi connectivity index (χ0) is 28.7. The van der Waals surface area contributed by atoms with E-state index in [9.17, 15) is 14.4 Å². The molecule has 0 radical (unpaired) electrons. The first kappa shape index (κ1) is 30.1. The molecule has 1 saturated carbocycles. The summed E-state index contributed by atoms with van der Waals surface area (Å²) in [7, 11) is 0. The van der Waals surface area contributed by atoms with Crippen LogP contribution >= 0.6 is 11.8 Å². The molecule has 1 aliphatic carbocycles. The molecule has 2 aromatic carbocycles. The molecular weight excluding hydrogens is 510 g/mol. The van der Waals surface area contributed by atoms with Gasteiger partial charge in [-0.2, -0.15) is 11.8 Å². The molecule has 1 aliphatic rings. The number of aryl methyl sites for hydroxylation is 2. The number of ether oxygens (including phenoxy) is 1. The number of para-hydroxylation sites is 1. The minimum Gasteiger partial charge on any atom is -0.444 e. The van der Waals surface area contributed by atoms with E-state index in [0.29, 0.717) is 29.0 Å². The van der Waals surface area contributed by atoms with Crippen LogP contribution < -0.4 is 10.6 Å². The minimum absolute atomic E-state index is 0.144. The summed E-state index contributed by atoms with van der Waals surface area (Å²) in [5.41, 5.74) is 2.94. The maximum Gasteiger partial charge on any atom is 0.408 e. The Bertz CT molecular complexity index is 1220. The van der Waals surface area contributed by atoms with Crippen molar-refractivity contribution in [1.29, 1.82) is 0 Å². The summed E-state index contributed by atoms with van der Waals surface area (Å²) >= 11 is 1.58. The van der Waals surface area contributed by atoms with Crippen LogP contribution in [0.4, 0.5) is 10.5 Å². The standard InChI is InChI=1S/C31H39N3O4S/c1-8-22-14-9-10-15-24(22)27(28(35)33-26-20(2)12-11-13-21(26)3)34(23-16-17-23)29(36)25(18-19-39-7)32-30(37)38-31(4,5)6/h1,9-15,23,25,27H,16-19H2,2-7H3,(H,32,37)(H,33,35). The minimum atomic E-state index is -0.978. The third-order valence-electron chi connectivity index (χ3n) is 6.46. The summed E-state index contributed by atoms with van der Waals surface area (Å²) in [4.78, 5) is 42.7. The van der Waals surface area contributed by atoms with Gasteiger partial charge in [-0.15, -0.1) is 6.42 Å². The lowest BCUT2D eigenvalue weighted by Gasteiger charge is -2.35. The number of terminal acetylenes is 1. The lowest BCUT2D eigenvalue weighted by Crippen LogP contribution is -2.53. The van der Waals surface area contributed by atoms with E-state index in [-0.39, 0.29) is 17.9 Å². The Kier molecular flexibility index (Phi) is 10.1. The van der Waals surface area contributed by atoms with Crippen LogP contribution in [0, 0.1) is 26.2 Å². The Morgan fingerprint density at radius 2 is 1.74 bits per heavy atom. The molecule has 1 fully saturated rings.